The average Bonchev–Trinajstić information content (AvgIpc) is 3.48. The first-order chi connectivity index (χ1) is 20.4. The minimum absolute atomic E-state index is 0.0710. The molecule has 0 saturated carbocycles. The second kappa shape index (κ2) is 11.8. The molecule has 2 N–H and O–H groups in total. The summed E-state index contributed by atoms with van der Waals surface area (Å²) in [6, 6.07) is 20.2. The molecule has 10 nitrogen and oxygen atoms in total. The van der Waals surface area contributed by atoms with E-state index >= 15 is 0 Å². The maximum Gasteiger partial charge on any atom is 0.299 e. The summed E-state index contributed by atoms with van der Waals surface area (Å²) in [5, 5.41) is 10.9. The van der Waals surface area contributed by atoms with E-state index in [1.807, 2.05) is 6.07 Å². The fraction of sp³-hybridized carbons (Fsp3) is 0.0667. The highest BCUT2D eigenvalue weighted by atomic mass is 35.5. The Balaban J connectivity index is 1.33. The summed E-state index contributed by atoms with van der Waals surface area (Å²) in [5.74, 6) is 1.36. The number of fused-ring (bicyclic) bond motifs is 1. The predicted molar refractivity (Wildman–Crippen MR) is 158 cm³/mol. The first-order valence-corrected chi connectivity index (χ1v) is 13.4. The van der Waals surface area contributed by atoms with E-state index in [-0.39, 0.29) is 29.2 Å². The molecule has 1 aliphatic heterocycles. The van der Waals surface area contributed by atoms with Crippen LogP contribution in [0.15, 0.2) is 96.2 Å². The fourth-order valence-corrected chi connectivity index (χ4v) is 4.46. The van der Waals surface area contributed by atoms with Crippen molar-refractivity contribution < 1.29 is 19.0 Å². The van der Waals surface area contributed by atoms with Crippen LogP contribution in [0.3, 0.4) is 0 Å². The molecular formula is C30H21Cl2N5O5. The Labute approximate surface area is 249 Å². The van der Waals surface area contributed by atoms with E-state index in [2.05, 4.69) is 20.7 Å². The predicted octanol–water partition coefficient (Wildman–Crippen LogP) is 6.13. The summed E-state index contributed by atoms with van der Waals surface area (Å²) in [5.41, 5.74) is 1.67. The second-order valence-corrected chi connectivity index (χ2v) is 9.88. The van der Waals surface area contributed by atoms with Crippen LogP contribution in [-0.2, 0) is 6.54 Å². The first-order valence-electron chi connectivity index (χ1n) is 12.6. The number of anilines is 2. The number of nitrogens with one attached hydrogen (secondary N) is 2. The van der Waals surface area contributed by atoms with Crippen molar-refractivity contribution in [2.45, 2.75) is 6.54 Å². The molecule has 5 aromatic rings. The lowest BCUT2D eigenvalue weighted by atomic mass is 10.1. The molecule has 0 atom stereocenters. The number of carbonyl (C=O) groups is 1. The number of rotatable bonds is 8. The summed E-state index contributed by atoms with van der Waals surface area (Å²) in [7, 11) is 0. The Hall–Kier alpha value is -5.06. The molecule has 0 fully saturated rings. The van der Waals surface area contributed by atoms with Crippen molar-refractivity contribution in [3.05, 3.63) is 123 Å². The van der Waals surface area contributed by atoms with Crippen LogP contribution in [0, 0.1) is 0 Å². The quantitative estimate of drug-likeness (QED) is 0.218. The molecule has 0 radical (unpaired) electrons. The van der Waals surface area contributed by atoms with Crippen LogP contribution < -0.4 is 30.4 Å². The van der Waals surface area contributed by atoms with Gasteiger partial charge in [-0.2, -0.15) is 9.78 Å². The second-order valence-electron chi connectivity index (χ2n) is 9.07. The van der Waals surface area contributed by atoms with E-state index < -0.39 is 5.56 Å². The molecule has 1 amide bonds. The molecule has 12 heteroatoms. The maximum atomic E-state index is 13.8. The fourth-order valence-electron chi connectivity index (χ4n) is 4.17. The molecular weight excluding hydrogens is 581 g/mol. The van der Waals surface area contributed by atoms with Crippen LogP contribution in [0.2, 0.25) is 10.0 Å². The van der Waals surface area contributed by atoms with Gasteiger partial charge in [-0.05, 0) is 60.2 Å². The van der Waals surface area contributed by atoms with Gasteiger partial charge in [0, 0.05) is 36.3 Å². The van der Waals surface area contributed by atoms with E-state index in [0.717, 1.165) is 5.56 Å². The normalized spacial score (nSPS) is 11.7. The van der Waals surface area contributed by atoms with E-state index in [0.29, 0.717) is 45.8 Å². The SMILES string of the molecule is O=C(NCc1cccnc1)c1cccc(Nc2c(Oc3ccc4c(c3)OCO4)cnn(-c3ccc(Cl)c(Cl)c3)c2=O)c1. The van der Waals surface area contributed by atoms with Crippen molar-refractivity contribution in [3.8, 4) is 28.7 Å². The number of nitrogens with zero attached hydrogens (tertiary/aromatic N) is 3. The lowest BCUT2D eigenvalue weighted by molar-refractivity contribution is 0.0951. The topological polar surface area (TPSA) is 117 Å². The standard InChI is InChI=1S/C30H21Cl2N5O5/c31-23-8-6-21(12-24(23)32)37-30(39)28(27(16-35-37)42-22-7-9-25-26(13-22)41-17-40-25)36-20-5-1-4-19(11-20)29(38)34-15-18-3-2-10-33-14-18/h1-14,16,36H,15,17H2,(H,34,38). The van der Waals surface area contributed by atoms with Crippen molar-refractivity contribution in [1.29, 1.82) is 0 Å². The van der Waals surface area contributed by atoms with E-state index in [1.165, 1.54) is 16.9 Å². The third-order valence-corrected chi connectivity index (χ3v) is 6.97. The monoisotopic (exact) mass is 601 g/mol. The van der Waals surface area contributed by atoms with Gasteiger partial charge >= 0.3 is 0 Å². The molecule has 6 rings (SSSR count). The molecule has 210 valence electrons. The molecule has 3 heterocycles. The van der Waals surface area contributed by atoms with Crippen LogP contribution in [-0.4, -0.2) is 27.5 Å². The number of pyridine rings is 1. The Bertz CT molecular complexity index is 1850. The Morgan fingerprint density at radius 3 is 2.67 bits per heavy atom. The molecule has 3 aromatic carbocycles. The maximum absolute atomic E-state index is 13.8. The van der Waals surface area contributed by atoms with Gasteiger partial charge in [-0.25, -0.2) is 0 Å². The van der Waals surface area contributed by atoms with Crippen LogP contribution in [0.5, 0.6) is 23.0 Å². The zero-order valence-corrected chi connectivity index (χ0v) is 23.2. The van der Waals surface area contributed by atoms with Gasteiger partial charge in [-0.1, -0.05) is 35.3 Å². The lowest BCUT2D eigenvalue weighted by Gasteiger charge is -2.15. The molecule has 0 spiro atoms. The molecule has 42 heavy (non-hydrogen) atoms. The summed E-state index contributed by atoms with van der Waals surface area (Å²) in [6.07, 6.45) is 4.75. The van der Waals surface area contributed by atoms with Crippen LogP contribution in [0.4, 0.5) is 11.4 Å². The zero-order valence-electron chi connectivity index (χ0n) is 21.7. The van der Waals surface area contributed by atoms with Crippen molar-refractivity contribution in [3.63, 3.8) is 0 Å². The van der Waals surface area contributed by atoms with Gasteiger partial charge in [0.05, 0.1) is 21.9 Å². The average molecular weight is 602 g/mol. The van der Waals surface area contributed by atoms with Crippen molar-refractivity contribution in [2.75, 3.05) is 12.1 Å². The Kier molecular flexibility index (Phi) is 7.63. The third-order valence-electron chi connectivity index (χ3n) is 6.23. The highest BCUT2D eigenvalue weighted by molar-refractivity contribution is 6.42. The molecule has 0 bridgehead atoms. The minimum Gasteiger partial charge on any atom is -0.454 e. The number of aromatic nitrogens is 3. The van der Waals surface area contributed by atoms with E-state index in [9.17, 15) is 9.59 Å². The van der Waals surface area contributed by atoms with Gasteiger partial charge in [-0.15, -0.1) is 0 Å². The number of benzene rings is 3. The summed E-state index contributed by atoms with van der Waals surface area (Å²) >= 11 is 12.3. The first kappa shape index (κ1) is 27.1. The third kappa shape index (κ3) is 5.85. The Morgan fingerprint density at radius 2 is 1.83 bits per heavy atom. The van der Waals surface area contributed by atoms with Gasteiger partial charge < -0.3 is 24.8 Å². The number of halogens is 2. The molecule has 1 aliphatic rings. The highest BCUT2D eigenvalue weighted by Gasteiger charge is 2.19. The summed E-state index contributed by atoms with van der Waals surface area (Å²) in [6.45, 7) is 0.426. The molecule has 2 aromatic heterocycles. The highest BCUT2D eigenvalue weighted by Crippen LogP contribution is 2.38. The zero-order chi connectivity index (χ0) is 29.1. The molecule has 0 unspecified atom stereocenters. The largest absolute Gasteiger partial charge is 0.454 e. The number of amides is 1. The number of carbonyl (C=O) groups excluding carboxylic acids is 1. The lowest BCUT2D eigenvalue weighted by Crippen LogP contribution is -2.24. The molecule has 0 aliphatic carbocycles. The van der Waals surface area contributed by atoms with Crippen LogP contribution >= 0.6 is 23.2 Å². The van der Waals surface area contributed by atoms with E-state index in [1.54, 1.807) is 73.1 Å². The van der Waals surface area contributed by atoms with Crippen molar-refractivity contribution in [2.24, 2.45) is 0 Å². The van der Waals surface area contributed by atoms with Gasteiger partial charge in [-0.3, -0.25) is 14.6 Å². The van der Waals surface area contributed by atoms with E-state index in [4.69, 9.17) is 37.4 Å². The van der Waals surface area contributed by atoms with Gasteiger partial charge in [0.15, 0.2) is 22.9 Å². The van der Waals surface area contributed by atoms with Crippen molar-refractivity contribution in [1.82, 2.24) is 20.1 Å². The van der Waals surface area contributed by atoms with Crippen LogP contribution in [0.1, 0.15) is 15.9 Å². The molecule has 0 saturated heterocycles. The van der Waals surface area contributed by atoms with Gasteiger partial charge in [0.25, 0.3) is 11.5 Å². The summed E-state index contributed by atoms with van der Waals surface area (Å²) < 4.78 is 18.1. The van der Waals surface area contributed by atoms with Crippen LogP contribution in [0.25, 0.3) is 5.69 Å². The van der Waals surface area contributed by atoms with Gasteiger partial charge in [0.2, 0.25) is 6.79 Å². The number of ether oxygens (including phenoxy) is 3. The Morgan fingerprint density at radius 1 is 0.952 bits per heavy atom. The van der Waals surface area contributed by atoms with Gasteiger partial charge in [0.1, 0.15) is 5.75 Å². The number of hydrogen-bond acceptors (Lipinski definition) is 8. The number of hydrogen-bond donors (Lipinski definition) is 2. The smallest absolute Gasteiger partial charge is 0.299 e. The minimum atomic E-state index is -0.530. The summed E-state index contributed by atoms with van der Waals surface area (Å²) in [4.78, 5) is 30.7. The van der Waals surface area contributed by atoms with Crippen molar-refractivity contribution >= 4 is 40.5 Å².